The fourth-order valence-electron chi connectivity index (χ4n) is 1.48. The van der Waals surface area contributed by atoms with E-state index < -0.39 is 0 Å². The maximum absolute atomic E-state index is 5.65. The quantitative estimate of drug-likeness (QED) is 0.506. The molecule has 0 aromatic heterocycles. The van der Waals surface area contributed by atoms with Gasteiger partial charge in [0.25, 0.3) is 0 Å². The molecular formula is C10H6OS7. The second-order valence-corrected chi connectivity index (χ2v) is 11.6. The van der Waals surface area contributed by atoms with Crippen LogP contribution in [0.25, 0.3) is 0 Å². The lowest BCUT2D eigenvalue weighted by Gasteiger charge is -2.06. The molecule has 94 valence electrons. The number of thioether (sulfide) groups is 7. The highest BCUT2D eigenvalue weighted by Crippen LogP contribution is 2.69. The van der Waals surface area contributed by atoms with E-state index >= 15 is 0 Å². The van der Waals surface area contributed by atoms with Gasteiger partial charge >= 0.3 is 0 Å². The van der Waals surface area contributed by atoms with E-state index in [2.05, 4.69) is 10.8 Å². The fourth-order valence-corrected chi connectivity index (χ4v) is 11.0. The van der Waals surface area contributed by atoms with Crippen LogP contribution in [0.4, 0.5) is 0 Å². The Balaban J connectivity index is 1.51. The summed E-state index contributed by atoms with van der Waals surface area (Å²) < 4.78 is 12.8. The lowest BCUT2D eigenvalue weighted by atomic mass is 10.9. The van der Waals surface area contributed by atoms with Crippen LogP contribution in [0.15, 0.2) is 37.1 Å². The topological polar surface area (TPSA) is 9.23 Å². The van der Waals surface area contributed by atoms with Crippen LogP contribution in [-0.2, 0) is 4.74 Å². The highest BCUT2D eigenvalue weighted by Gasteiger charge is 2.34. The molecule has 0 spiro atoms. The van der Waals surface area contributed by atoms with E-state index in [1.165, 1.54) is 21.2 Å². The van der Waals surface area contributed by atoms with Crippen LogP contribution in [0, 0.1) is 0 Å². The normalized spacial score (nSPS) is 26.7. The molecule has 0 aromatic rings. The minimum atomic E-state index is 0.865. The van der Waals surface area contributed by atoms with Crippen molar-refractivity contribution in [2.24, 2.45) is 0 Å². The first kappa shape index (κ1) is 12.9. The Kier molecular flexibility index (Phi) is 3.97. The summed E-state index contributed by atoms with van der Waals surface area (Å²) in [5.74, 6) is 1.10. The molecule has 0 atom stereocenters. The second kappa shape index (κ2) is 5.54. The van der Waals surface area contributed by atoms with Crippen LogP contribution in [-0.4, -0.2) is 12.4 Å². The smallest absolute Gasteiger partial charge is 0.174 e. The van der Waals surface area contributed by atoms with E-state index in [4.69, 9.17) is 4.74 Å². The Bertz CT molecular complexity index is 466. The monoisotopic (exact) mass is 366 g/mol. The Morgan fingerprint density at radius 2 is 1.39 bits per heavy atom. The van der Waals surface area contributed by atoms with Gasteiger partial charge in [0.05, 0.1) is 23.6 Å². The summed E-state index contributed by atoms with van der Waals surface area (Å²) in [5.41, 5.74) is 0. The summed E-state index contributed by atoms with van der Waals surface area (Å²) in [5, 5.41) is 5.46. The fraction of sp³-hybridized carbons (Fsp3) is 0.200. The molecule has 1 nitrogen and oxygen atoms in total. The molecule has 4 aliphatic rings. The zero-order valence-electron chi connectivity index (χ0n) is 8.83. The number of hydrogen-bond acceptors (Lipinski definition) is 8. The minimum absolute atomic E-state index is 0.865. The Morgan fingerprint density at radius 1 is 0.778 bits per heavy atom. The average Bonchev–Trinajstić information content (AvgIpc) is 3.13. The number of rotatable bonds is 0. The van der Waals surface area contributed by atoms with E-state index in [1.54, 1.807) is 0 Å². The van der Waals surface area contributed by atoms with Crippen LogP contribution in [0.1, 0.15) is 0 Å². The van der Waals surface area contributed by atoms with Gasteiger partial charge in [0.2, 0.25) is 0 Å². The molecule has 0 aromatic carbocycles. The zero-order valence-corrected chi connectivity index (χ0v) is 14.6. The maximum atomic E-state index is 5.65. The SMILES string of the molecule is C1=CSC(=C2SC3=C(SC(=C4OCCS4)S3)S2)S1. The van der Waals surface area contributed by atoms with E-state index in [9.17, 15) is 0 Å². The van der Waals surface area contributed by atoms with Gasteiger partial charge < -0.3 is 4.74 Å². The molecule has 1 saturated heterocycles. The van der Waals surface area contributed by atoms with E-state index in [1.807, 2.05) is 82.3 Å². The van der Waals surface area contributed by atoms with E-state index in [-0.39, 0.29) is 0 Å². The van der Waals surface area contributed by atoms with Crippen molar-refractivity contribution in [1.82, 2.24) is 0 Å². The minimum Gasteiger partial charge on any atom is -0.485 e. The van der Waals surface area contributed by atoms with Crippen molar-refractivity contribution in [3.05, 3.63) is 37.1 Å². The van der Waals surface area contributed by atoms with E-state index in [0.717, 1.165) is 17.5 Å². The molecule has 0 radical (unpaired) electrons. The molecule has 4 heterocycles. The molecule has 0 N–H and O–H groups in total. The van der Waals surface area contributed by atoms with Gasteiger partial charge in [-0.1, -0.05) is 82.3 Å². The average molecular weight is 367 g/mol. The molecule has 8 heteroatoms. The van der Waals surface area contributed by atoms with Crippen LogP contribution >= 0.6 is 82.3 Å². The first-order valence-electron chi connectivity index (χ1n) is 5.08. The van der Waals surface area contributed by atoms with Crippen molar-refractivity contribution in [3.63, 3.8) is 0 Å². The van der Waals surface area contributed by atoms with Crippen LogP contribution in [0.2, 0.25) is 0 Å². The van der Waals surface area contributed by atoms with Gasteiger partial charge in [-0.3, -0.25) is 0 Å². The molecule has 18 heavy (non-hydrogen) atoms. The van der Waals surface area contributed by atoms with Crippen molar-refractivity contribution < 1.29 is 4.74 Å². The summed E-state index contributed by atoms with van der Waals surface area (Å²) in [6.07, 6.45) is 0. The van der Waals surface area contributed by atoms with Gasteiger partial charge in [0, 0.05) is 5.75 Å². The molecule has 1 fully saturated rings. The summed E-state index contributed by atoms with van der Waals surface area (Å²) in [6.45, 7) is 0.865. The first-order valence-corrected chi connectivity index (χ1v) is 11.1. The van der Waals surface area contributed by atoms with Crippen molar-refractivity contribution in [2.45, 2.75) is 0 Å². The van der Waals surface area contributed by atoms with Crippen LogP contribution in [0.5, 0.6) is 0 Å². The van der Waals surface area contributed by atoms with E-state index in [0.29, 0.717) is 0 Å². The number of ether oxygens (including phenoxy) is 1. The first-order chi connectivity index (χ1) is 8.90. The van der Waals surface area contributed by atoms with Gasteiger partial charge in [-0.15, -0.1) is 0 Å². The number of hydrogen-bond donors (Lipinski definition) is 0. The third-order valence-electron chi connectivity index (χ3n) is 2.20. The lowest BCUT2D eigenvalue weighted by Crippen LogP contribution is -1.81. The van der Waals surface area contributed by atoms with Gasteiger partial charge in [-0.05, 0) is 10.8 Å². The molecular weight excluding hydrogens is 361 g/mol. The van der Waals surface area contributed by atoms with Crippen LogP contribution in [0.3, 0.4) is 0 Å². The van der Waals surface area contributed by atoms with Gasteiger partial charge in [0.15, 0.2) is 5.09 Å². The maximum Gasteiger partial charge on any atom is 0.174 e. The lowest BCUT2D eigenvalue weighted by molar-refractivity contribution is 0.275. The van der Waals surface area contributed by atoms with Gasteiger partial charge in [-0.25, -0.2) is 0 Å². The standard InChI is InChI=1S/C10H6OS7/c1-2-12-5(11-1)6-15-9-10(16-6)18-8(17-9)7-13-3-4-14-7/h3-4H,1-2H2. The Hall–Kier alpha value is 1.21. The Labute approximate surface area is 135 Å². The predicted molar refractivity (Wildman–Crippen MR) is 94.2 cm³/mol. The predicted octanol–water partition coefficient (Wildman–Crippen LogP) is 6.04. The molecule has 0 aliphatic carbocycles. The molecule has 4 rings (SSSR count). The molecule has 0 bridgehead atoms. The zero-order chi connectivity index (χ0) is 11.9. The highest BCUT2D eigenvalue weighted by molar-refractivity contribution is 8.49. The summed E-state index contributed by atoms with van der Waals surface area (Å²) in [6, 6.07) is 0. The molecule has 4 aliphatic heterocycles. The molecule has 0 unspecified atom stereocenters. The molecule has 0 saturated carbocycles. The summed E-state index contributed by atoms with van der Waals surface area (Å²) >= 11 is 13.1. The van der Waals surface area contributed by atoms with Crippen molar-refractivity contribution >= 4 is 82.3 Å². The third-order valence-corrected chi connectivity index (χ3v) is 11.7. The summed E-state index contributed by atoms with van der Waals surface area (Å²) in [7, 11) is 0. The van der Waals surface area contributed by atoms with Crippen LogP contribution < -0.4 is 0 Å². The van der Waals surface area contributed by atoms with Crippen molar-refractivity contribution in [3.8, 4) is 0 Å². The third kappa shape index (κ3) is 2.42. The van der Waals surface area contributed by atoms with Crippen molar-refractivity contribution in [1.29, 1.82) is 0 Å². The molecule has 0 amide bonds. The van der Waals surface area contributed by atoms with Crippen molar-refractivity contribution in [2.75, 3.05) is 12.4 Å². The second-order valence-electron chi connectivity index (χ2n) is 3.34. The van der Waals surface area contributed by atoms with Gasteiger partial charge in [-0.2, -0.15) is 0 Å². The Morgan fingerprint density at radius 3 is 2.00 bits per heavy atom. The van der Waals surface area contributed by atoms with Gasteiger partial charge in [0.1, 0.15) is 4.24 Å². The highest BCUT2D eigenvalue weighted by atomic mass is 32.3. The summed E-state index contributed by atoms with van der Waals surface area (Å²) in [4.78, 5) is 0. The largest absolute Gasteiger partial charge is 0.485 e.